The van der Waals surface area contributed by atoms with Gasteiger partial charge in [-0.05, 0) is 49.2 Å². The van der Waals surface area contributed by atoms with E-state index in [-0.39, 0.29) is 34.1 Å². The van der Waals surface area contributed by atoms with Crippen LogP contribution in [0.1, 0.15) is 20.3 Å². The zero-order chi connectivity index (χ0) is 25.8. The number of carbonyl (C=O) groups is 2. The minimum absolute atomic E-state index is 0.00119. The maximum absolute atomic E-state index is 15.8. The summed E-state index contributed by atoms with van der Waals surface area (Å²) in [5.41, 5.74) is 0.695. The van der Waals surface area contributed by atoms with Gasteiger partial charge in [-0.3, -0.25) is 10.3 Å². The Kier molecular flexibility index (Phi) is 7.39. The topological polar surface area (TPSA) is 113 Å². The Morgan fingerprint density at radius 1 is 1.14 bits per heavy atom. The molecule has 0 aliphatic carbocycles. The van der Waals surface area contributed by atoms with E-state index in [1.165, 1.54) is 30.5 Å². The molecule has 36 heavy (non-hydrogen) atoms. The number of carboxylic acid groups (broad SMARTS) is 1. The third-order valence-corrected chi connectivity index (χ3v) is 6.25. The van der Waals surface area contributed by atoms with Crippen LogP contribution < -0.4 is 15.4 Å². The van der Waals surface area contributed by atoms with Gasteiger partial charge in [0, 0.05) is 23.9 Å². The summed E-state index contributed by atoms with van der Waals surface area (Å²) in [7, 11) is 0. The third-order valence-electron chi connectivity index (χ3n) is 5.25. The second-order valence-electron chi connectivity index (χ2n) is 7.68. The molecule has 0 radical (unpaired) electrons. The SMILES string of the molecule is CCNC(=O)Nc1nc2c(F)c(-c3cccc(OC(CC)C(=O)O)c3)cc(-c3ncccc3F)c2s1. The van der Waals surface area contributed by atoms with Crippen molar-refractivity contribution >= 4 is 38.7 Å². The molecule has 2 aromatic carbocycles. The number of halogens is 2. The lowest BCUT2D eigenvalue weighted by Gasteiger charge is -2.15. The molecular weight excluding hydrogens is 490 g/mol. The van der Waals surface area contributed by atoms with Gasteiger partial charge in [-0.25, -0.2) is 23.4 Å². The number of thiazole rings is 1. The van der Waals surface area contributed by atoms with Gasteiger partial charge in [0.2, 0.25) is 0 Å². The van der Waals surface area contributed by atoms with Gasteiger partial charge in [-0.1, -0.05) is 30.4 Å². The number of hydrogen-bond donors (Lipinski definition) is 3. The van der Waals surface area contributed by atoms with E-state index in [9.17, 15) is 19.1 Å². The average molecular weight is 513 g/mol. The predicted molar refractivity (Wildman–Crippen MR) is 133 cm³/mol. The summed E-state index contributed by atoms with van der Waals surface area (Å²) in [5, 5.41) is 14.6. The van der Waals surface area contributed by atoms with Crippen LogP contribution in [-0.2, 0) is 4.79 Å². The number of nitrogens with one attached hydrogen (secondary N) is 2. The van der Waals surface area contributed by atoms with Crippen molar-refractivity contribution in [1.29, 1.82) is 0 Å². The molecule has 0 saturated heterocycles. The summed E-state index contributed by atoms with van der Waals surface area (Å²) in [6.07, 6.45) is 0.601. The van der Waals surface area contributed by atoms with Gasteiger partial charge in [-0.15, -0.1) is 0 Å². The number of ether oxygens (including phenoxy) is 1. The maximum atomic E-state index is 15.8. The van der Waals surface area contributed by atoms with Crippen LogP contribution in [0, 0.1) is 11.6 Å². The van der Waals surface area contributed by atoms with Crippen molar-refractivity contribution in [2.75, 3.05) is 11.9 Å². The van der Waals surface area contributed by atoms with E-state index in [2.05, 4.69) is 20.6 Å². The van der Waals surface area contributed by atoms with Gasteiger partial charge in [0.25, 0.3) is 0 Å². The lowest BCUT2D eigenvalue weighted by Crippen LogP contribution is -2.28. The number of carboxylic acids is 1. The van der Waals surface area contributed by atoms with E-state index >= 15 is 4.39 Å². The van der Waals surface area contributed by atoms with Gasteiger partial charge in [-0.2, -0.15) is 0 Å². The first kappa shape index (κ1) is 25.0. The first-order valence-corrected chi connectivity index (χ1v) is 11.9. The minimum Gasteiger partial charge on any atom is -0.479 e. The monoisotopic (exact) mass is 512 g/mol. The van der Waals surface area contributed by atoms with Gasteiger partial charge in [0.05, 0.1) is 4.70 Å². The predicted octanol–water partition coefficient (Wildman–Crippen LogP) is 5.69. The molecule has 8 nitrogen and oxygen atoms in total. The second kappa shape index (κ2) is 10.6. The number of carbonyl (C=O) groups excluding carboxylic acids is 1. The molecule has 0 saturated carbocycles. The van der Waals surface area contributed by atoms with Crippen molar-refractivity contribution in [3.05, 3.63) is 60.3 Å². The van der Waals surface area contributed by atoms with E-state index in [1.807, 2.05) is 0 Å². The number of rotatable bonds is 8. The van der Waals surface area contributed by atoms with Crippen LogP contribution in [0.3, 0.4) is 0 Å². The van der Waals surface area contributed by atoms with Crippen molar-refractivity contribution in [3.8, 4) is 28.1 Å². The number of fused-ring (bicyclic) bond motifs is 1. The highest BCUT2D eigenvalue weighted by Gasteiger charge is 2.23. The van der Waals surface area contributed by atoms with Gasteiger partial charge in [0.15, 0.2) is 17.1 Å². The number of benzene rings is 2. The van der Waals surface area contributed by atoms with Crippen molar-refractivity contribution < 1.29 is 28.2 Å². The zero-order valence-electron chi connectivity index (χ0n) is 19.3. The molecular formula is C25H22F2N4O4S. The Morgan fingerprint density at radius 2 is 1.94 bits per heavy atom. The van der Waals surface area contributed by atoms with Gasteiger partial charge >= 0.3 is 12.0 Å². The molecule has 2 amide bonds. The highest BCUT2D eigenvalue weighted by atomic mass is 32.1. The fraction of sp³-hybridized carbons (Fsp3) is 0.200. The molecule has 4 rings (SSSR count). The summed E-state index contributed by atoms with van der Waals surface area (Å²) in [6, 6.07) is 9.96. The number of urea groups is 1. The highest BCUT2D eigenvalue weighted by Crippen LogP contribution is 2.41. The maximum Gasteiger partial charge on any atom is 0.344 e. The Balaban J connectivity index is 1.88. The Hall–Kier alpha value is -4.12. The quantitative estimate of drug-likeness (QED) is 0.280. The van der Waals surface area contributed by atoms with E-state index in [1.54, 1.807) is 32.0 Å². The smallest absolute Gasteiger partial charge is 0.344 e. The largest absolute Gasteiger partial charge is 0.479 e. The fourth-order valence-corrected chi connectivity index (χ4v) is 4.56. The van der Waals surface area contributed by atoms with Crippen molar-refractivity contribution in [2.45, 2.75) is 26.4 Å². The minimum atomic E-state index is -1.11. The molecule has 3 N–H and O–H groups in total. The molecule has 2 aromatic heterocycles. The highest BCUT2D eigenvalue weighted by molar-refractivity contribution is 7.22. The lowest BCUT2D eigenvalue weighted by molar-refractivity contribution is -0.145. The van der Waals surface area contributed by atoms with Crippen molar-refractivity contribution in [2.24, 2.45) is 0 Å². The molecule has 1 unspecified atom stereocenters. The summed E-state index contributed by atoms with van der Waals surface area (Å²) >= 11 is 0.998. The normalized spacial score (nSPS) is 11.8. The first-order valence-electron chi connectivity index (χ1n) is 11.1. The molecule has 0 aliphatic rings. The number of hydrogen-bond acceptors (Lipinski definition) is 6. The Morgan fingerprint density at radius 3 is 2.64 bits per heavy atom. The summed E-state index contributed by atoms with van der Waals surface area (Å²) in [5.74, 6) is -2.17. The molecule has 1 atom stereocenters. The summed E-state index contributed by atoms with van der Waals surface area (Å²) in [6.45, 7) is 3.82. The van der Waals surface area contributed by atoms with E-state index < -0.39 is 29.7 Å². The van der Waals surface area contributed by atoms with E-state index in [4.69, 9.17) is 4.74 Å². The van der Waals surface area contributed by atoms with E-state index in [0.717, 1.165) is 11.3 Å². The van der Waals surface area contributed by atoms with Crippen LogP contribution in [-0.4, -0.2) is 39.7 Å². The molecule has 186 valence electrons. The van der Waals surface area contributed by atoms with Gasteiger partial charge < -0.3 is 15.2 Å². The molecule has 2 heterocycles. The Labute approximate surface area is 209 Å². The first-order chi connectivity index (χ1) is 17.3. The van der Waals surface area contributed by atoms with Crippen LogP contribution in [0.2, 0.25) is 0 Å². The molecule has 0 fully saturated rings. The molecule has 4 aromatic rings. The Bertz CT molecular complexity index is 1440. The number of anilines is 1. The number of amides is 2. The third kappa shape index (κ3) is 5.10. The second-order valence-corrected chi connectivity index (χ2v) is 8.68. The standard InChI is InChI=1S/C25H22F2N4O4S/c1-3-18(23(32)33)35-14-8-5-7-13(11-14)15-12-16(20-17(26)9-6-10-29-20)22-21(19(15)27)30-25(36-22)31-24(34)28-4-2/h5-12,18H,3-4H2,1-2H3,(H,32,33)(H2,28,30,31,34). The number of aromatic nitrogens is 2. The van der Waals surface area contributed by atoms with Crippen LogP contribution in [0.15, 0.2) is 48.7 Å². The summed E-state index contributed by atoms with van der Waals surface area (Å²) in [4.78, 5) is 31.8. The van der Waals surface area contributed by atoms with Gasteiger partial charge in [0.1, 0.15) is 22.8 Å². The fourth-order valence-electron chi connectivity index (χ4n) is 3.59. The van der Waals surface area contributed by atoms with Crippen LogP contribution in [0.5, 0.6) is 5.75 Å². The number of nitrogens with zero attached hydrogens (tertiary/aromatic N) is 2. The molecule has 0 bridgehead atoms. The van der Waals surface area contributed by atoms with E-state index in [0.29, 0.717) is 22.4 Å². The van der Waals surface area contributed by atoms with Crippen LogP contribution in [0.4, 0.5) is 18.7 Å². The van der Waals surface area contributed by atoms with Crippen molar-refractivity contribution in [1.82, 2.24) is 15.3 Å². The van der Waals surface area contributed by atoms with Crippen LogP contribution in [0.25, 0.3) is 32.6 Å². The van der Waals surface area contributed by atoms with Crippen LogP contribution >= 0.6 is 11.3 Å². The number of aliphatic carboxylic acids is 1. The summed E-state index contributed by atoms with van der Waals surface area (Å²) < 4.78 is 36.4. The average Bonchev–Trinajstić information content (AvgIpc) is 3.27. The molecule has 0 aliphatic heterocycles. The number of pyridine rings is 1. The molecule has 11 heteroatoms. The molecule has 0 spiro atoms. The zero-order valence-corrected chi connectivity index (χ0v) is 20.2. The van der Waals surface area contributed by atoms with Crippen molar-refractivity contribution in [3.63, 3.8) is 0 Å². The lowest BCUT2D eigenvalue weighted by atomic mass is 9.99.